The van der Waals surface area contributed by atoms with Gasteiger partial charge in [-0.15, -0.1) is 0 Å². The number of hydrogen-bond donors (Lipinski definition) is 1. The van der Waals surface area contributed by atoms with Gasteiger partial charge in [-0.25, -0.2) is 4.39 Å². The Balaban J connectivity index is 1.65. The second-order valence-electron chi connectivity index (χ2n) is 8.89. The number of hydrogen-bond acceptors (Lipinski definition) is 3. The highest BCUT2D eigenvalue weighted by Gasteiger charge is 2.34. The number of nitrogens with two attached hydrogens (primary N) is 1. The number of nitrogens with zero attached hydrogens (tertiary/aromatic N) is 2. The van der Waals surface area contributed by atoms with Crippen LogP contribution in [0.1, 0.15) is 43.4 Å². The fourth-order valence-electron chi connectivity index (χ4n) is 4.83. The van der Waals surface area contributed by atoms with Crippen LogP contribution in [0.5, 0.6) is 0 Å². The zero-order valence-corrected chi connectivity index (χ0v) is 18.2. The number of rotatable bonds is 5. The quantitative estimate of drug-likeness (QED) is 0.591. The highest BCUT2D eigenvalue weighted by Crippen LogP contribution is 2.41. The first-order valence-corrected chi connectivity index (χ1v) is 11.4. The van der Waals surface area contributed by atoms with Crippen LogP contribution in [0, 0.1) is 0 Å². The number of alkyl halides is 1. The Morgan fingerprint density at radius 3 is 2.38 bits per heavy atom. The molecule has 0 unspecified atom stereocenters. The summed E-state index contributed by atoms with van der Waals surface area (Å²) >= 11 is 0. The van der Waals surface area contributed by atoms with E-state index in [2.05, 4.69) is 24.3 Å². The van der Waals surface area contributed by atoms with Crippen molar-refractivity contribution in [1.29, 1.82) is 0 Å². The Labute approximate surface area is 188 Å². The second-order valence-corrected chi connectivity index (χ2v) is 8.89. The fraction of sp³-hybridized carbons (Fsp3) is 0.333. The zero-order chi connectivity index (χ0) is 22.1. The van der Waals surface area contributed by atoms with Crippen molar-refractivity contribution in [2.45, 2.75) is 44.1 Å². The molecule has 1 aromatic heterocycles. The summed E-state index contributed by atoms with van der Waals surface area (Å²) in [6.07, 6.45) is 5.07. The summed E-state index contributed by atoms with van der Waals surface area (Å²) in [5.41, 5.74) is 13.0. The molecule has 1 fully saturated rings. The lowest BCUT2D eigenvalue weighted by Gasteiger charge is -2.38. The topological polar surface area (TPSA) is 59.2 Å². The summed E-state index contributed by atoms with van der Waals surface area (Å²) < 4.78 is 13.3. The van der Waals surface area contributed by atoms with Crippen molar-refractivity contribution in [3.8, 4) is 22.4 Å². The molecule has 1 aliphatic heterocycles. The van der Waals surface area contributed by atoms with Crippen LogP contribution < -0.4 is 10.6 Å². The summed E-state index contributed by atoms with van der Waals surface area (Å²) in [6.45, 7) is -0.510. The van der Waals surface area contributed by atoms with Gasteiger partial charge < -0.3 is 10.6 Å². The van der Waals surface area contributed by atoms with Crippen molar-refractivity contribution >= 4 is 11.6 Å². The van der Waals surface area contributed by atoms with Gasteiger partial charge in [0.25, 0.3) is 0 Å². The van der Waals surface area contributed by atoms with E-state index in [0.717, 1.165) is 53.0 Å². The molecule has 5 heteroatoms. The molecule has 164 valence electrons. The molecule has 2 aliphatic rings. The standard InChI is InChI=1S/C27H28FN3O/c28-16-17-31-24-18-22(19-6-2-1-3-7-19)26(30-23(24)8-4-9-25(31)32)20-10-12-21(13-11-20)27(29)14-5-15-27/h1-3,6-7,10-13,18H,4-5,8-9,14-17,29H2. The first kappa shape index (κ1) is 20.8. The van der Waals surface area contributed by atoms with Crippen LogP contribution in [-0.2, 0) is 16.8 Å². The fourth-order valence-corrected chi connectivity index (χ4v) is 4.83. The molecule has 3 aromatic rings. The molecule has 2 N–H and O–H groups in total. The predicted octanol–water partition coefficient (Wildman–Crippen LogP) is 5.39. The van der Waals surface area contributed by atoms with Crippen molar-refractivity contribution in [3.05, 3.63) is 71.9 Å². The Kier molecular flexibility index (Phi) is 5.51. The number of carbonyl (C=O) groups is 1. The molecule has 32 heavy (non-hydrogen) atoms. The van der Waals surface area contributed by atoms with Crippen molar-refractivity contribution < 1.29 is 9.18 Å². The molecule has 2 heterocycles. The van der Waals surface area contributed by atoms with Crippen molar-refractivity contribution in [2.24, 2.45) is 5.73 Å². The number of benzene rings is 2. The van der Waals surface area contributed by atoms with Gasteiger partial charge in [-0.3, -0.25) is 9.78 Å². The first-order chi connectivity index (χ1) is 15.6. The number of fused-ring (bicyclic) bond motifs is 1. The number of aryl methyl sites for hydroxylation is 1. The van der Waals surface area contributed by atoms with E-state index in [-0.39, 0.29) is 18.0 Å². The molecule has 0 radical (unpaired) electrons. The number of halogens is 1. The van der Waals surface area contributed by atoms with Crippen LogP contribution in [0.15, 0.2) is 60.7 Å². The molecule has 1 aliphatic carbocycles. The monoisotopic (exact) mass is 429 g/mol. The van der Waals surface area contributed by atoms with Crippen molar-refractivity contribution in [2.75, 3.05) is 18.1 Å². The van der Waals surface area contributed by atoms with Gasteiger partial charge in [0.1, 0.15) is 6.67 Å². The highest BCUT2D eigenvalue weighted by molar-refractivity contribution is 5.96. The van der Waals surface area contributed by atoms with Gasteiger partial charge in [0.15, 0.2) is 0 Å². The molecule has 1 saturated carbocycles. The van der Waals surface area contributed by atoms with E-state index in [0.29, 0.717) is 12.8 Å². The normalized spacial score (nSPS) is 17.4. The van der Waals surface area contributed by atoms with Gasteiger partial charge in [0.05, 0.1) is 23.6 Å². The third kappa shape index (κ3) is 3.71. The summed E-state index contributed by atoms with van der Waals surface area (Å²) in [7, 11) is 0. The molecular formula is C27H28FN3O. The minimum absolute atomic E-state index is 0.0342. The molecule has 5 rings (SSSR count). The van der Waals surface area contributed by atoms with Crippen molar-refractivity contribution in [3.63, 3.8) is 0 Å². The van der Waals surface area contributed by atoms with E-state index >= 15 is 0 Å². The van der Waals surface area contributed by atoms with Gasteiger partial charge in [-0.2, -0.15) is 0 Å². The SMILES string of the molecule is NC1(c2ccc(-c3nc4c(cc3-c3ccccc3)N(CCF)C(=O)CCC4)cc2)CCC1. The summed E-state index contributed by atoms with van der Waals surface area (Å²) in [5.74, 6) is -0.0342. The third-order valence-electron chi connectivity index (χ3n) is 6.85. The minimum atomic E-state index is -0.574. The van der Waals surface area contributed by atoms with E-state index in [1.165, 1.54) is 12.0 Å². The van der Waals surface area contributed by atoms with Gasteiger partial charge >= 0.3 is 0 Å². The van der Waals surface area contributed by atoms with Gasteiger partial charge in [-0.05, 0) is 49.3 Å². The Morgan fingerprint density at radius 1 is 0.969 bits per heavy atom. The average molecular weight is 430 g/mol. The average Bonchev–Trinajstić information content (AvgIpc) is 2.96. The van der Waals surface area contributed by atoms with E-state index in [1.54, 1.807) is 4.90 Å². The van der Waals surface area contributed by atoms with Gasteiger partial charge in [-0.1, -0.05) is 54.6 Å². The van der Waals surface area contributed by atoms with E-state index in [9.17, 15) is 9.18 Å². The third-order valence-corrected chi connectivity index (χ3v) is 6.85. The zero-order valence-electron chi connectivity index (χ0n) is 18.2. The lowest BCUT2D eigenvalue weighted by atomic mass is 9.72. The van der Waals surface area contributed by atoms with Crippen LogP contribution in [0.4, 0.5) is 10.1 Å². The summed E-state index contributed by atoms with van der Waals surface area (Å²) in [4.78, 5) is 19.3. The Bertz CT molecular complexity index is 1120. The number of aromatic nitrogens is 1. The predicted molar refractivity (Wildman–Crippen MR) is 126 cm³/mol. The smallest absolute Gasteiger partial charge is 0.227 e. The van der Waals surface area contributed by atoms with E-state index in [1.807, 2.05) is 36.4 Å². The maximum atomic E-state index is 13.3. The first-order valence-electron chi connectivity index (χ1n) is 11.4. The largest absolute Gasteiger partial charge is 0.321 e. The lowest BCUT2D eigenvalue weighted by molar-refractivity contribution is -0.118. The summed E-state index contributed by atoms with van der Waals surface area (Å²) in [6, 6.07) is 20.5. The molecule has 1 amide bonds. The number of carbonyl (C=O) groups excluding carboxylic acids is 1. The lowest BCUT2D eigenvalue weighted by Crippen LogP contribution is -2.43. The molecule has 2 aromatic carbocycles. The van der Waals surface area contributed by atoms with Crippen LogP contribution in [-0.4, -0.2) is 24.1 Å². The molecule has 0 atom stereocenters. The Morgan fingerprint density at radius 2 is 1.72 bits per heavy atom. The van der Waals surface area contributed by atoms with Gasteiger partial charge in [0, 0.05) is 23.1 Å². The maximum Gasteiger partial charge on any atom is 0.227 e. The number of amides is 1. The molecule has 4 nitrogen and oxygen atoms in total. The van der Waals surface area contributed by atoms with Crippen molar-refractivity contribution in [1.82, 2.24) is 4.98 Å². The number of anilines is 1. The highest BCUT2D eigenvalue weighted by atomic mass is 19.1. The van der Waals surface area contributed by atoms with Crippen LogP contribution in [0.3, 0.4) is 0 Å². The van der Waals surface area contributed by atoms with E-state index in [4.69, 9.17) is 10.7 Å². The molecule has 0 spiro atoms. The maximum absolute atomic E-state index is 13.3. The van der Waals surface area contributed by atoms with Crippen LogP contribution >= 0.6 is 0 Å². The minimum Gasteiger partial charge on any atom is -0.321 e. The molecule has 0 saturated heterocycles. The molecule has 0 bridgehead atoms. The molecular weight excluding hydrogens is 401 g/mol. The van der Waals surface area contributed by atoms with Gasteiger partial charge in [0.2, 0.25) is 5.91 Å². The van der Waals surface area contributed by atoms with Crippen LogP contribution in [0.2, 0.25) is 0 Å². The second kappa shape index (κ2) is 8.47. The Hall–Kier alpha value is -3.05. The van der Waals surface area contributed by atoms with E-state index < -0.39 is 6.67 Å². The van der Waals surface area contributed by atoms with Crippen LogP contribution in [0.25, 0.3) is 22.4 Å². The number of pyridine rings is 1. The summed E-state index contributed by atoms with van der Waals surface area (Å²) in [5, 5.41) is 0.